The Morgan fingerprint density at radius 1 is 0.862 bits per heavy atom. The number of carbonyl (C=O) groups excluding carboxylic acids is 1. The van der Waals surface area contributed by atoms with E-state index in [-0.39, 0.29) is 5.91 Å². The standard InChI is InChI=1S/C23H17N5O/c29-23(20-14-16-10-4-6-12-18(16)24-20)25-19-13-7-5-11-17(19)22-26-21(27-28-22)15-8-2-1-3-9-15/h1-14,24H,(H,25,29)(H,26,27,28). The van der Waals surface area contributed by atoms with Crippen LogP contribution in [0.15, 0.2) is 84.9 Å². The first kappa shape index (κ1) is 16.9. The molecule has 0 saturated carbocycles. The summed E-state index contributed by atoms with van der Waals surface area (Å²) in [4.78, 5) is 20.6. The van der Waals surface area contributed by atoms with Crippen molar-refractivity contribution in [3.8, 4) is 22.8 Å². The third-order valence-corrected chi connectivity index (χ3v) is 4.72. The molecule has 0 unspecified atom stereocenters. The van der Waals surface area contributed by atoms with Gasteiger partial charge in [0, 0.05) is 22.0 Å². The minimum absolute atomic E-state index is 0.212. The highest BCUT2D eigenvalue weighted by atomic mass is 16.1. The van der Waals surface area contributed by atoms with Gasteiger partial charge < -0.3 is 10.3 Å². The van der Waals surface area contributed by atoms with E-state index in [4.69, 9.17) is 0 Å². The predicted molar refractivity (Wildman–Crippen MR) is 114 cm³/mol. The average molecular weight is 379 g/mol. The van der Waals surface area contributed by atoms with Crippen LogP contribution in [0, 0.1) is 0 Å². The molecule has 140 valence electrons. The number of para-hydroxylation sites is 2. The first-order valence-electron chi connectivity index (χ1n) is 9.24. The van der Waals surface area contributed by atoms with E-state index in [0.717, 1.165) is 22.0 Å². The van der Waals surface area contributed by atoms with E-state index in [1.165, 1.54) is 0 Å². The van der Waals surface area contributed by atoms with Crippen LogP contribution in [0.3, 0.4) is 0 Å². The molecule has 3 aromatic carbocycles. The lowest BCUT2D eigenvalue weighted by atomic mass is 10.1. The first-order valence-corrected chi connectivity index (χ1v) is 9.24. The number of nitrogens with zero attached hydrogens (tertiary/aromatic N) is 2. The topological polar surface area (TPSA) is 86.5 Å². The molecule has 0 radical (unpaired) electrons. The van der Waals surface area contributed by atoms with Gasteiger partial charge >= 0.3 is 0 Å². The smallest absolute Gasteiger partial charge is 0.272 e. The highest BCUT2D eigenvalue weighted by molar-refractivity contribution is 6.07. The van der Waals surface area contributed by atoms with Gasteiger partial charge in [0.25, 0.3) is 5.91 Å². The number of benzene rings is 3. The molecule has 6 heteroatoms. The van der Waals surface area contributed by atoms with Crippen molar-refractivity contribution >= 4 is 22.5 Å². The van der Waals surface area contributed by atoms with Crippen molar-refractivity contribution < 1.29 is 4.79 Å². The number of hydrogen-bond donors (Lipinski definition) is 3. The molecular formula is C23H17N5O. The number of nitrogens with one attached hydrogen (secondary N) is 3. The molecule has 0 aliphatic rings. The molecule has 3 N–H and O–H groups in total. The van der Waals surface area contributed by atoms with Gasteiger partial charge in [-0.2, -0.15) is 5.10 Å². The molecule has 2 aromatic heterocycles. The highest BCUT2D eigenvalue weighted by Gasteiger charge is 2.15. The van der Waals surface area contributed by atoms with Crippen molar-refractivity contribution in [2.45, 2.75) is 0 Å². The molecule has 0 aliphatic heterocycles. The van der Waals surface area contributed by atoms with Gasteiger partial charge in [-0.1, -0.05) is 60.7 Å². The SMILES string of the molecule is O=C(Nc1ccccc1-c1nc(-c2ccccc2)n[nH]1)c1cc2ccccc2[nH]1. The van der Waals surface area contributed by atoms with Crippen LogP contribution in [0.4, 0.5) is 5.69 Å². The number of anilines is 1. The Kier molecular flexibility index (Phi) is 4.14. The van der Waals surface area contributed by atoms with Crippen LogP contribution in [-0.4, -0.2) is 26.1 Å². The maximum Gasteiger partial charge on any atom is 0.272 e. The number of carbonyl (C=O) groups is 1. The van der Waals surface area contributed by atoms with Crippen LogP contribution in [-0.2, 0) is 0 Å². The molecule has 0 saturated heterocycles. The zero-order valence-corrected chi connectivity index (χ0v) is 15.4. The zero-order chi connectivity index (χ0) is 19.6. The number of H-pyrrole nitrogens is 2. The second kappa shape index (κ2) is 7.09. The number of aromatic amines is 2. The highest BCUT2D eigenvalue weighted by Crippen LogP contribution is 2.27. The van der Waals surface area contributed by atoms with E-state index in [1.54, 1.807) is 0 Å². The quantitative estimate of drug-likeness (QED) is 0.416. The molecule has 0 bridgehead atoms. The van der Waals surface area contributed by atoms with Crippen molar-refractivity contribution in [2.75, 3.05) is 5.32 Å². The van der Waals surface area contributed by atoms with E-state index in [2.05, 4.69) is 25.5 Å². The molecule has 1 amide bonds. The second-order valence-corrected chi connectivity index (χ2v) is 6.64. The largest absolute Gasteiger partial charge is 0.351 e. The lowest BCUT2D eigenvalue weighted by Gasteiger charge is -2.08. The van der Waals surface area contributed by atoms with E-state index in [1.807, 2.05) is 84.9 Å². The van der Waals surface area contributed by atoms with Gasteiger partial charge in [0.05, 0.1) is 5.69 Å². The van der Waals surface area contributed by atoms with Crippen molar-refractivity contribution in [3.05, 3.63) is 90.6 Å². The van der Waals surface area contributed by atoms with E-state index < -0.39 is 0 Å². The maximum absolute atomic E-state index is 12.8. The van der Waals surface area contributed by atoms with Crippen molar-refractivity contribution in [2.24, 2.45) is 0 Å². The molecule has 0 fully saturated rings. The van der Waals surface area contributed by atoms with Crippen LogP contribution in [0.25, 0.3) is 33.7 Å². The minimum Gasteiger partial charge on any atom is -0.351 e. The van der Waals surface area contributed by atoms with Crippen LogP contribution >= 0.6 is 0 Å². The average Bonchev–Trinajstić information content (AvgIpc) is 3.42. The first-order chi connectivity index (χ1) is 14.3. The second-order valence-electron chi connectivity index (χ2n) is 6.64. The minimum atomic E-state index is -0.212. The number of aromatic nitrogens is 4. The summed E-state index contributed by atoms with van der Waals surface area (Å²) >= 11 is 0. The number of rotatable bonds is 4. The Bertz CT molecular complexity index is 1270. The van der Waals surface area contributed by atoms with E-state index in [9.17, 15) is 4.79 Å². The Labute approximate surface area is 166 Å². The van der Waals surface area contributed by atoms with Crippen LogP contribution in [0.1, 0.15) is 10.5 Å². The summed E-state index contributed by atoms with van der Waals surface area (Å²) in [6, 6.07) is 26.9. The lowest BCUT2D eigenvalue weighted by Crippen LogP contribution is -2.13. The van der Waals surface area contributed by atoms with Crippen molar-refractivity contribution in [1.82, 2.24) is 20.2 Å². The number of fused-ring (bicyclic) bond motifs is 1. The van der Waals surface area contributed by atoms with Gasteiger partial charge in [-0.3, -0.25) is 9.89 Å². The monoisotopic (exact) mass is 379 g/mol. The van der Waals surface area contributed by atoms with E-state index in [0.29, 0.717) is 23.0 Å². The molecule has 0 aliphatic carbocycles. The van der Waals surface area contributed by atoms with Gasteiger partial charge in [-0.05, 0) is 24.3 Å². The summed E-state index contributed by atoms with van der Waals surface area (Å²) in [7, 11) is 0. The maximum atomic E-state index is 12.8. The Hall–Kier alpha value is -4.19. The third kappa shape index (κ3) is 3.27. The number of hydrogen-bond acceptors (Lipinski definition) is 3. The van der Waals surface area contributed by atoms with Crippen LogP contribution in [0.2, 0.25) is 0 Å². The normalized spacial score (nSPS) is 10.9. The lowest BCUT2D eigenvalue weighted by molar-refractivity contribution is 0.102. The molecule has 0 atom stereocenters. The van der Waals surface area contributed by atoms with Gasteiger partial charge in [-0.25, -0.2) is 4.98 Å². The Morgan fingerprint density at radius 2 is 1.62 bits per heavy atom. The summed E-state index contributed by atoms with van der Waals surface area (Å²) < 4.78 is 0. The summed E-state index contributed by atoms with van der Waals surface area (Å²) in [5.41, 5.74) is 3.78. The molecule has 5 aromatic rings. The summed E-state index contributed by atoms with van der Waals surface area (Å²) in [5, 5.41) is 11.3. The zero-order valence-electron chi connectivity index (χ0n) is 15.4. The predicted octanol–water partition coefficient (Wildman–Crippen LogP) is 4.87. The van der Waals surface area contributed by atoms with E-state index >= 15 is 0 Å². The fourth-order valence-corrected chi connectivity index (χ4v) is 3.28. The van der Waals surface area contributed by atoms with Crippen molar-refractivity contribution in [1.29, 1.82) is 0 Å². The number of amides is 1. The van der Waals surface area contributed by atoms with Crippen LogP contribution in [0.5, 0.6) is 0 Å². The summed E-state index contributed by atoms with van der Waals surface area (Å²) in [6.07, 6.45) is 0. The van der Waals surface area contributed by atoms with Gasteiger partial charge in [-0.15, -0.1) is 0 Å². The van der Waals surface area contributed by atoms with Crippen molar-refractivity contribution in [3.63, 3.8) is 0 Å². The van der Waals surface area contributed by atoms with Gasteiger partial charge in [0.15, 0.2) is 11.6 Å². The fourth-order valence-electron chi connectivity index (χ4n) is 3.28. The molecular weight excluding hydrogens is 362 g/mol. The third-order valence-electron chi connectivity index (χ3n) is 4.72. The van der Waals surface area contributed by atoms with Crippen LogP contribution < -0.4 is 5.32 Å². The van der Waals surface area contributed by atoms with Gasteiger partial charge in [0.2, 0.25) is 0 Å². The molecule has 2 heterocycles. The molecule has 29 heavy (non-hydrogen) atoms. The Morgan fingerprint density at radius 3 is 2.48 bits per heavy atom. The Balaban J connectivity index is 1.45. The van der Waals surface area contributed by atoms with Gasteiger partial charge in [0.1, 0.15) is 5.69 Å². The molecule has 0 spiro atoms. The molecule has 6 nitrogen and oxygen atoms in total. The summed E-state index contributed by atoms with van der Waals surface area (Å²) in [5.74, 6) is 0.991. The summed E-state index contributed by atoms with van der Waals surface area (Å²) in [6.45, 7) is 0. The molecule has 5 rings (SSSR count). The fraction of sp³-hybridized carbons (Fsp3) is 0.